The molecule has 6 nitrogen and oxygen atoms in total. The summed E-state index contributed by atoms with van der Waals surface area (Å²) in [6, 6.07) is 9.89. The molecule has 3 rings (SSSR count). The van der Waals surface area contributed by atoms with E-state index in [-0.39, 0.29) is 11.7 Å². The number of esters is 1. The van der Waals surface area contributed by atoms with Crippen LogP contribution in [0.1, 0.15) is 28.9 Å². The Morgan fingerprint density at radius 3 is 2.44 bits per heavy atom. The van der Waals surface area contributed by atoms with Crippen LogP contribution in [0.4, 0.5) is 8.78 Å². The Balaban J connectivity index is 1.94. The topological polar surface area (TPSA) is 93.2 Å². The highest BCUT2D eigenvalue weighted by molar-refractivity contribution is 7.86. The van der Waals surface area contributed by atoms with Gasteiger partial charge in [0.25, 0.3) is 0 Å². The van der Waals surface area contributed by atoms with Crippen molar-refractivity contribution >= 4 is 26.9 Å². The van der Waals surface area contributed by atoms with E-state index >= 15 is 0 Å². The third-order valence-corrected chi connectivity index (χ3v) is 4.98. The molecule has 1 heterocycles. The van der Waals surface area contributed by atoms with Gasteiger partial charge in [-0.05, 0) is 29.3 Å². The van der Waals surface area contributed by atoms with E-state index in [0.717, 1.165) is 5.56 Å². The highest BCUT2D eigenvalue weighted by atomic mass is 32.2. The lowest BCUT2D eigenvalue weighted by Crippen LogP contribution is -2.42. The lowest BCUT2D eigenvalue weighted by molar-refractivity contribution is -0.0548. The van der Waals surface area contributed by atoms with Gasteiger partial charge in [0.1, 0.15) is 6.10 Å². The second kappa shape index (κ2) is 6.01. The Kier molecular flexibility index (Phi) is 4.26. The van der Waals surface area contributed by atoms with Gasteiger partial charge in [0.2, 0.25) is 0 Å². The summed E-state index contributed by atoms with van der Waals surface area (Å²) in [4.78, 5) is 12.3. The molecule has 0 saturated carbocycles. The number of hydrogen-bond acceptors (Lipinski definition) is 5. The number of epoxide rings is 1. The quantitative estimate of drug-likeness (QED) is 0.493. The number of benzene rings is 2. The molecule has 134 valence electrons. The van der Waals surface area contributed by atoms with Crippen molar-refractivity contribution in [2.45, 2.75) is 24.4 Å². The monoisotopic (exact) mass is 372 g/mol. The van der Waals surface area contributed by atoms with Crippen molar-refractivity contribution in [3.05, 3.63) is 47.5 Å². The molecule has 1 aliphatic rings. The number of halogens is 2. The molecule has 1 fully saturated rings. The summed E-state index contributed by atoms with van der Waals surface area (Å²) < 4.78 is 67.0. The van der Waals surface area contributed by atoms with Crippen molar-refractivity contribution in [2.75, 3.05) is 6.61 Å². The minimum atomic E-state index is -5.71. The molecule has 9 heteroatoms. The average molecular weight is 372 g/mol. The smallest absolute Gasteiger partial charge is 0.405 e. The summed E-state index contributed by atoms with van der Waals surface area (Å²) in [5.74, 6) is -1.12. The number of carbonyl (C=O) groups is 1. The van der Waals surface area contributed by atoms with Crippen molar-refractivity contribution in [1.29, 1.82) is 0 Å². The molecule has 1 aliphatic heterocycles. The van der Waals surface area contributed by atoms with Gasteiger partial charge in [-0.25, -0.2) is 4.79 Å². The highest BCUT2D eigenvalue weighted by Crippen LogP contribution is 2.36. The van der Waals surface area contributed by atoms with Crippen LogP contribution in [-0.4, -0.2) is 36.9 Å². The first-order valence-corrected chi connectivity index (χ1v) is 8.76. The first kappa shape index (κ1) is 17.7. The predicted octanol–water partition coefficient (Wildman–Crippen LogP) is 2.94. The number of fused-ring (bicyclic) bond motifs is 1. The number of hydrogen-bond donors (Lipinski definition) is 1. The number of rotatable bonds is 5. The zero-order valence-corrected chi connectivity index (χ0v) is 13.8. The molecule has 25 heavy (non-hydrogen) atoms. The van der Waals surface area contributed by atoms with Crippen molar-refractivity contribution in [3.8, 4) is 0 Å². The van der Waals surface area contributed by atoms with Crippen LogP contribution in [0.5, 0.6) is 0 Å². The maximum absolute atomic E-state index is 13.6. The van der Waals surface area contributed by atoms with Crippen LogP contribution in [0.2, 0.25) is 0 Å². The summed E-state index contributed by atoms with van der Waals surface area (Å²) in [5, 5.41) is -3.42. The van der Waals surface area contributed by atoms with E-state index in [9.17, 15) is 22.0 Å². The minimum absolute atomic E-state index is 0.0120. The first-order chi connectivity index (χ1) is 11.6. The first-order valence-electron chi connectivity index (χ1n) is 7.32. The third-order valence-electron chi connectivity index (χ3n) is 3.96. The fourth-order valence-electron chi connectivity index (χ4n) is 2.51. The molecule has 2 atom stereocenters. The second-order valence-corrected chi connectivity index (χ2v) is 7.15. The zero-order chi connectivity index (χ0) is 18.4. The van der Waals surface area contributed by atoms with Crippen LogP contribution in [-0.2, 0) is 19.6 Å². The van der Waals surface area contributed by atoms with Crippen LogP contribution in [0.25, 0.3) is 10.8 Å². The summed E-state index contributed by atoms with van der Waals surface area (Å²) in [6.45, 7) is 1.26. The molecule has 1 N–H and O–H groups in total. The van der Waals surface area contributed by atoms with Crippen molar-refractivity contribution < 1.29 is 36.0 Å². The molecule has 0 aromatic heterocycles. The van der Waals surface area contributed by atoms with E-state index in [4.69, 9.17) is 9.29 Å². The highest BCUT2D eigenvalue weighted by Gasteiger charge is 2.52. The van der Waals surface area contributed by atoms with Crippen LogP contribution < -0.4 is 0 Å². The maximum Gasteiger partial charge on any atom is 0.405 e. The van der Waals surface area contributed by atoms with Gasteiger partial charge < -0.3 is 9.47 Å². The lowest BCUT2D eigenvalue weighted by Gasteiger charge is -2.21. The fraction of sp³-hybridized carbons (Fsp3) is 0.312. The van der Waals surface area contributed by atoms with E-state index < -0.39 is 27.4 Å². The summed E-state index contributed by atoms with van der Waals surface area (Å²) in [5.41, 5.74) is 0.876. The fourth-order valence-corrected chi connectivity index (χ4v) is 2.98. The molecule has 0 bridgehead atoms. The average Bonchev–Trinajstić information content (AvgIpc) is 3.37. The van der Waals surface area contributed by atoms with E-state index in [2.05, 4.69) is 4.74 Å². The Labute approximate surface area is 142 Å². The molecule has 2 aromatic carbocycles. The molecular formula is C16H14F2O6S. The SMILES string of the molecule is CC(OC(=O)c1ccc(C2CO2)c2ccccc12)C(F)(F)S(=O)(=O)O. The number of carbonyl (C=O) groups excluding carboxylic acids is 1. The van der Waals surface area contributed by atoms with Crippen molar-refractivity contribution in [3.63, 3.8) is 0 Å². The van der Waals surface area contributed by atoms with Crippen LogP contribution in [0, 0.1) is 0 Å². The van der Waals surface area contributed by atoms with Crippen molar-refractivity contribution in [1.82, 2.24) is 0 Å². The predicted molar refractivity (Wildman–Crippen MR) is 84.0 cm³/mol. The Morgan fingerprint density at radius 1 is 1.28 bits per heavy atom. The van der Waals surface area contributed by atoms with Gasteiger partial charge in [0.15, 0.2) is 6.10 Å². The number of alkyl halides is 2. The molecule has 2 unspecified atom stereocenters. The van der Waals surface area contributed by atoms with E-state index in [1.165, 1.54) is 6.07 Å². The van der Waals surface area contributed by atoms with E-state index in [1.807, 2.05) is 0 Å². The molecular weight excluding hydrogens is 358 g/mol. The van der Waals surface area contributed by atoms with Gasteiger partial charge in [0, 0.05) is 0 Å². The largest absolute Gasteiger partial charge is 0.451 e. The molecule has 2 aromatic rings. The summed E-state index contributed by atoms with van der Waals surface area (Å²) in [7, 11) is -5.71. The molecule has 0 aliphatic carbocycles. The van der Waals surface area contributed by atoms with Gasteiger partial charge in [-0.3, -0.25) is 4.55 Å². The van der Waals surface area contributed by atoms with Gasteiger partial charge in [-0.2, -0.15) is 17.2 Å². The third kappa shape index (κ3) is 3.22. The molecule has 0 radical (unpaired) electrons. The zero-order valence-electron chi connectivity index (χ0n) is 13.0. The van der Waals surface area contributed by atoms with Crippen LogP contribution in [0.15, 0.2) is 36.4 Å². The Bertz CT molecular complexity index is 937. The van der Waals surface area contributed by atoms with Crippen molar-refractivity contribution in [2.24, 2.45) is 0 Å². The Hall–Kier alpha value is -2.10. The molecule has 1 saturated heterocycles. The summed E-state index contributed by atoms with van der Waals surface area (Å²) >= 11 is 0. The molecule has 0 amide bonds. The molecule has 0 spiro atoms. The minimum Gasteiger partial charge on any atom is -0.451 e. The van der Waals surface area contributed by atoms with E-state index in [1.54, 1.807) is 30.3 Å². The van der Waals surface area contributed by atoms with Gasteiger partial charge in [0.05, 0.1) is 12.2 Å². The van der Waals surface area contributed by atoms with Gasteiger partial charge in [-0.1, -0.05) is 30.3 Å². The maximum atomic E-state index is 13.6. The number of ether oxygens (including phenoxy) is 2. The summed E-state index contributed by atoms with van der Waals surface area (Å²) in [6.07, 6.45) is -2.43. The van der Waals surface area contributed by atoms with Gasteiger partial charge >= 0.3 is 21.3 Å². The second-order valence-electron chi connectivity index (χ2n) is 5.65. The normalized spacial score (nSPS) is 18.8. The Morgan fingerprint density at radius 2 is 1.88 bits per heavy atom. The van der Waals surface area contributed by atoms with Gasteiger partial charge in [-0.15, -0.1) is 0 Å². The standard InChI is InChI=1S/C16H14F2O6S/c1-9(16(17,18)25(20,21)22)24-15(19)13-7-6-12(14-8-23-14)10-4-2-3-5-11(10)13/h2-7,9,14H,8H2,1H3,(H,20,21,22). The lowest BCUT2D eigenvalue weighted by atomic mass is 9.98. The van der Waals surface area contributed by atoms with Crippen LogP contribution >= 0.6 is 0 Å². The van der Waals surface area contributed by atoms with Crippen LogP contribution in [0.3, 0.4) is 0 Å². The van der Waals surface area contributed by atoms with E-state index in [0.29, 0.717) is 24.3 Å².